The summed E-state index contributed by atoms with van der Waals surface area (Å²) in [6.45, 7) is 2.30. The van der Waals surface area contributed by atoms with E-state index in [9.17, 15) is 10.2 Å². The number of rotatable bonds is 4. The van der Waals surface area contributed by atoms with Gasteiger partial charge in [-0.1, -0.05) is 23.7 Å². The summed E-state index contributed by atoms with van der Waals surface area (Å²) in [5.41, 5.74) is 5.39. The molecule has 0 amide bonds. The molecular weight excluding hydrogens is 276 g/mol. The minimum atomic E-state index is 0.0315. The van der Waals surface area contributed by atoms with Crippen LogP contribution in [-0.4, -0.2) is 16.4 Å². The molecule has 0 fully saturated rings. The van der Waals surface area contributed by atoms with Crippen molar-refractivity contribution in [2.75, 3.05) is 0 Å². The number of phenols is 2. The fourth-order valence-electron chi connectivity index (χ4n) is 1.64. The Morgan fingerprint density at radius 3 is 2.70 bits per heavy atom. The number of aryl methyl sites for hydroxylation is 1. The van der Waals surface area contributed by atoms with Gasteiger partial charge in [0.05, 0.1) is 12.8 Å². The highest BCUT2D eigenvalue weighted by Gasteiger charge is 2.01. The molecule has 0 aliphatic rings. The quantitative estimate of drug-likeness (QED) is 0.598. The van der Waals surface area contributed by atoms with Gasteiger partial charge in [0.1, 0.15) is 11.5 Å². The zero-order valence-electron chi connectivity index (χ0n) is 11.0. The van der Waals surface area contributed by atoms with Gasteiger partial charge >= 0.3 is 0 Å². The molecule has 0 saturated carbocycles. The van der Waals surface area contributed by atoms with Crippen molar-refractivity contribution in [3.05, 3.63) is 58.1 Å². The fraction of sp³-hybridized carbons (Fsp3) is 0.133. The number of hydrogen-bond donors (Lipinski definition) is 3. The zero-order valence-corrected chi connectivity index (χ0v) is 11.7. The van der Waals surface area contributed by atoms with Crippen molar-refractivity contribution in [3.63, 3.8) is 0 Å². The Morgan fingerprint density at radius 2 is 2.00 bits per heavy atom. The first-order valence-electron chi connectivity index (χ1n) is 6.09. The highest BCUT2D eigenvalue weighted by molar-refractivity contribution is 6.31. The van der Waals surface area contributed by atoms with Gasteiger partial charge in [-0.25, -0.2) is 0 Å². The molecule has 3 N–H and O–H groups in total. The van der Waals surface area contributed by atoms with Crippen molar-refractivity contribution < 1.29 is 10.2 Å². The molecule has 4 nitrogen and oxygen atoms in total. The summed E-state index contributed by atoms with van der Waals surface area (Å²) in [7, 11) is 0. The highest BCUT2D eigenvalue weighted by atomic mass is 35.5. The Balaban J connectivity index is 1.95. The lowest BCUT2D eigenvalue weighted by Gasteiger charge is -2.04. The van der Waals surface area contributed by atoms with Crippen LogP contribution in [-0.2, 0) is 6.54 Å². The molecule has 0 saturated heterocycles. The van der Waals surface area contributed by atoms with Crippen molar-refractivity contribution in [2.24, 2.45) is 5.10 Å². The van der Waals surface area contributed by atoms with Gasteiger partial charge in [-0.05, 0) is 36.2 Å². The summed E-state index contributed by atoms with van der Waals surface area (Å²) in [6.07, 6.45) is 1.66. The van der Waals surface area contributed by atoms with Gasteiger partial charge in [-0.2, -0.15) is 5.10 Å². The summed E-state index contributed by atoms with van der Waals surface area (Å²) in [5, 5.41) is 23.6. The molecule has 0 radical (unpaired) electrons. The maximum Gasteiger partial charge on any atom is 0.124 e. The molecule has 0 unspecified atom stereocenters. The maximum atomic E-state index is 9.61. The summed E-state index contributed by atoms with van der Waals surface area (Å²) in [4.78, 5) is 0. The molecular formula is C15H15ClN2O2. The van der Waals surface area contributed by atoms with Gasteiger partial charge in [-0.3, -0.25) is 0 Å². The van der Waals surface area contributed by atoms with Crippen LogP contribution in [0.1, 0.15) is 16.7 Å². The zero-order chi connectivity index (χ0) is 14.5. The first-order valence-corrected chi connectivity index (χ1v) is 6.47. The Bertz CT molecular complexity index is 642. The molecule has 2 aromatic carbocycles. The Morgan fingerprint density at radius 1 is 1.20 bits per heavy atom. The number of nitrogens with one attached hydrogen (secondary N) is 1. The van der Waals surface area contributed by atoms with Crippen molar-refractivity contribution in [1.82, 2.24) is 5.43 Å². The number of benzene rings is 2. The lowest BCUT2D eigenvalue weighted by atomic mass is 10.2. The number of phenolic OH excluding ortho intramolecular Hbond substituents is 2. The van der Waals surface area contributed by atoms with Crippen molar-refractivity contribution >= 4 is 17.8 Å². The van der Waals surface area contributed by atoms with E-state index in [0.717, 1.165) is 11.1 Å². The Hall–Kier alpha value is -2.20. The smallest absolute Gasteiger partial charge is 0.124 e. The summed E-state index contributed by atoms with van der Waals surface area (Å²) >= 11 is 6.02. The second kappa shape index (κ2) is 6.30. The van der Waals surface area contributed by atoms with E-state index in [0.29, 0.717) is 17.1 Å². The van der Waals surface area contributed by atoms with Gasteiger partial charge < -0.3 is 15.6 Å². The van der Waals surface area contributed by atoms with Crippen LogP contribution in [0.15, 0.2) is 41.5 Å². The van der Waals surface area contributed by atoms with Crippen molar-refractivity contribution in [1.29, 1.82) is 0 Å². The predicted molar refractivity (Wildman–Crippen MR) is 80.4 cm³/mol. The first kappa shape index (κ1) is 14.2. The van der Waals surface area contributed by atoms with Gasteiger partial charge in [0.2, 0.25) is 0 Å². The molecule has 20 heavy (non-hydrogen) atoms. The van der Waals surface area contributed by atoms with E-state index in [2.05, 4.69) is 10.5 Å². The van der Waals surface area contributed by atoms with E-state index < -0.39 is 0 Å². The standard InChI is InChI=1S/C15H15ClN2O2/c1-10-2-3-11(6-14(10)16)8-17-18-9-12-4-5-13(19)7-15(12)20/h2-8,18-20H,9H2,1H3/b17-8+. The molecule has 0 aromatic heterocycles. The third-order valence-corrected chi connectivity index (χ3v) is 3.25. The molecule has 104 valence electrons. The fourth-order valence-corrected chi connectivity index (χ4v) is 1.83. The van der Waals surface area contributed by atoms with Crippen LogP contribution in [0.5, 0.6) is 11.5 Å². The van der Waals surface area contributed by atoms with E-state index in [1.165, 1.54) is 12.1 Å². The van der Waals surface area contributed by atoms with Crippen LogP contribution in [0.25, 0.3) is 0 Å². The topological polar surface area (TPSA) is 64.9 Å². The van der Waals surface area contributed by atoms with Crippen LogP contribution in [0.4, 0.5) is 0 Å². The van der Waals surface area contributed by atoms with E-state index >= 15 is 0 Å². The SMILES string of the molecule is Cc1ccc(/C=N/NCc2ccc(O)cc2O)cc1Cl. The molecule has 5 heteroatoms. The van der Waals surface area contributed by atoms with Gasteiger partial charge in [-0.15, -0.1) is 0 Å². The molecule has 0 spiro atoms. The molecule has 0 aliphatic carbocycles. The monoisotopic (exact) mass is 290 g/mol. The number of nitrogens with zero attached hydrogens (tertiary/aromatic N) is 1. The normalized spacial score (nSPS) is 10.9. The van der Waals surface area contributed by atoms with E-state index in [-0.39, 0.29) is 11.5 Å². The van der Waals surface area contributed by atoms with Crippen LogP contribution in [0, 0.1) is 6.92 Å². The lowest BCUT2D eigenvalue weighted by molar-refractivity contribution is 0.444. The average Bonchev–Trinajstić information content (AvgIpc) is 2.40. The number of aromatic hydroxyl groups is 2. The summed E-state index contributed by atoms with van der Waals surface area (Å²) < 4.78 is 0. The van der Waals surface area contributed by atoms with Crippen LogP contribution in [0.3, 0.4) is 0 Å². The highest BCUT2D eigenvalue weighted by Crippen LogP contribution is 2.22. The van der Waals surface area contributed by atoms with Crippen LogP contribution >= 0.6 is 11.6 Å². The number of hydrogen-bond acceptors (Lipinski definition) is 4. The lowest BCUT2D eigenvalue weighted by Crippen LogP contribution is -2.05. The number of halogens is 1. The van der Waals surface area contributed by atoms with Crippen LogP contribution in [0.2, 0.25) is 5.02 Å². The van der Waals surface area contributed by atoms with E-state index in [1.54, 1.807) is 12.3 Å². The molecule has 0 atom stereocenters. The third-order valence-electron chi connectivity index (χ3n) is 2.84. The Kier molecular flexibility index (Phi) is 4.48. The Labute approximate surface area is 122 Å². The second-order valence-corrected chi connectivity index (χ2v) is 4.82. The van der Waals surface area contributed by atoms with Crippen molar-refractivity contribution in [2.45, 2.75) is 13.5 Å². The largest absolute Gasteiger partial charge is 0.508 e. The van der Waals surface area contributed by atoms with Gasteiger partial charge in [0, 0.05) is 16.7 Å². The molecule has 0 aliphatic heterocycles. The predicted octanol–water partition coefficient (Wildman–Crippen LogP) is 3.18. The maximum absolute atomic E-state index is 9.61. The van der Waals surface area contributed by atoms with Gasteiger partial charge in [0.25, 0.3) is 0 Å². The van der Waals surface area contributed by atoms with E-state index in [1.807, 2.05) is 25.1 Å². The summed E-state index contributed by atoms with van der Waals surface area (Å²) in [6, 6.07) is 10.1. The van der Waals surface area contributed by atoms with Crippen molar-refractivity contribution in [3.8, 4) is 11.5 Å². The minimum Gasteiger partial charge on any atom is -0.508 e. The average molecular weight is 291 g/mol. The van der Waals surface area contributed by atoms with E-state index in [4.69, 9.17) is 11.6 Å². The molecule has 2 rings (SSSR count). The first-order chi connectivity index (χ1) is 9.56. The third kappa shape index (κ3) is 3.65. The van der Waals surface area contributed by atoms with Crippen LogP contribution < -0.4 is 5.43 Å². The molecule has 0 heterocycles. The number of hydrazone groups is 1. The molecule has 0 bridgehead atoms. The minimum absolute atomic E-state index is 0.0315. The van der Waals surface area contributed by atoms with Gasteiger partial charge in [0.15, 0.2) is 0 Å². The molecule has 2 aromatic rings. The second-order valence-electron chi connectivity index (χ2n) is 4.41. The summed E-state index contributed by atoms with van der Waals surface area (Å²) in [5.74, 6) is 0.0649.